The topological polar surface area (TPSA) is 99.1 Å². The van der Waals surface area contributed by atoms with Crippen LogP contribution in [0, 0.1) is 6.92 Å². The van der Waals surface area contributed by atoms with Gasteiger partial charge in [0.05, 0.1) is 26.4 Å². The lowest BCUT2D eigenvalue weighted by Crippen LogP contribution is -2.25. The molecule has 1 unspecified atom stereocenters. The van der Waals surface area contributed by atoms with Crippen LogP contribution >= 0.6 is 0 Å². The fourth-order valence-corrected chi connectivity index (χ4v) is 2.87. The first kappa shape index (κ1) is 20.6. The number of aliphatic carboxylic acids is 1. The molecular weight excluding hydrogens is 336 g/mol. The molecule has 0 radical (unpaired) electrons. The summed E-state index contributed by atoms with van der Waals surface area (Å²) in [6.45, 7) is 3.93. The summed E-state index contributed by atoms with van der Waals surface area (Å²) in [5, 5.41) is 8.79. The minimum atomic E-state index is -3.66. The van der Waals surface area contributed by atoms with Crippen LogP contribution in [0.3, 0.4) is 0 Å². The predicted molar refractivity (Wildman–Crippen MR) is 88.2 cm³/mol. The Morgan fingerprint density at radius 3 is 2.33 bits per heavy atom. The van der Waals surface area contributed by atoms with Crippen molar-refractivity contribution in [3.8, 4) is 0 Å². The summed E-state index contributed by atoms with van der Waals surface area (Å²) >= 11 is 0. The van der Waals surface area contributed by atoms with Crippen molar-refractivity contribution in [3.63, 3.8) is 0 Å². The molecule has 0 aliphatic carbocycles. The standard InChI is InChI=1S/C16H24O7S/c1-3-15(16(17)18)22-10-8-21-9-11-23-24(19,20)12-14-6-4-13(2)5-7-14/h4-7,15H,3,8-12H2,1-2H3,(H,17,18). The first-order valence-electron chi connectivity index (χ1n) is 7.69. The summed E-state index contributed by atoms with van der Waals surface area (Å²) in [5.74, 6) is -1.20. The lowest BCUT2D eigenvalue weighted by molar-refractivity contribution is -0.151. The van der Waals surface area contributed by atoms with E-state index in [2.05, 4.69) is 0 Å². The van der Waals surface area contributed by atoms with Gasteiger partial charge in [-0.25, -0.2) is 4.79 Å². The molecule has 0 aromatic heterocycles. The molecule has 0 bridgehead atoms. The number of carbonyl (C=O) groups is 1. The third-order valence-corrected chi connectivity index (χ3v) is 4.36. The van der Waals surface area contributed by atoms with Crippen LogP contribution in [0.15, 0.2) is 24.3 Å². The highest BCUT2D eigenvalue weighted by molar-refractivity contribution is 7.85. The second kappa shape index (κ2) is 10.4. The summed E-state index contributed by atoms with van der Waals surface area (Å²) in [4.78, 5) is 10.7. The number of aryl methyl sites for hydroxylation is 1. The highest BCUT2D eigenvalue weighted by Crippen LogP contribution is 2.09. The largest absolute Gasteiger partial charge is 0.479 e. The van der Waals surface area contributed by atoms with E-state index in [0.717, 1.165) is 5.56 Å². The minimum Gasteiger partial charge on any atom is -0.479 e. The zero-order chi connectivity index (χ0) is 18.0. The van der Waals surface area contributed by atoms with Crippen LogP contribution in [0.1, 0.15) is 24.5 Å². The molecule has 1 aromatic carbocycles. The number of carboxylic acid groups (broad SMARTS) is 1. The Labute approximate surface area is 142 Å². The molecule has 136 valence electrons. The molecule has 8 heteroatoms. The van der Waals surface area contributed by atoms with Gasteiger partial charge in [0.2, 0.25) is 0 Å². The average molecular weight is 360 g/mol. The van der Waals surface area contributed by atoms with Crippen LogP contribution < -0.4 is 0 Å². The summed E-state index contributed by atoms with van der Waals surface area (Å²) in [6, 6.07) is 7.18. The fourth-order valence-electron chi connectivity index (χ4n) is 1.87. The molecule has 7 nitrogen and oxygen atoms in total. The van der Waals surface area contributed by atoms with Gasteiger partial charge in [-0.15, -0.1) is 0 Å². The van der Waals surface area contributed by atoms with Gasteiger partial charge < -0.3 is 14.6 Å². The molecule has 1 atom stereocenters. The summed E-state index contributed by atoms with van der Waals surface area (Å²) in [7, 11) is -3.66. The average Bonchev–Trinajstić information content (AvgIpc) is 2.51. The molecule has 0 saturated carbocycles. The molecule has 0 aliphatic rings. The Morgan fingerprint density at radius 1 is 1.12 bits per heavy atom. The van der Waals surface area contributed by atoms with E-state index < -0.39 is 22.2 Å². The molecule has 0 fully saturated rings. The number of benzene rings is 1. The quantitative estimate of drug-likeness (QED) is 0.448. The van der Waals surface area contributed by atoms with E-state index in [4.69, 9.17) is 18.8 Å². The summed E-state index contributed by atoms with van der Waals surface area (Å²) in [6.07, 6.45) is -0.477. The number of rotatable bonds is 12. The van der Waals surface area contributed by atoms with Crippen LogP contribution in [0.2, 0.25) is 0 Å². The van der Waals surface area contributed by atoms with Crippen molar-refractivity contribution in [1.29, 1.82) is 0 Å². The molecule has 0 aliphatic heterocycles. The normalized spacial score (nSPS) is 12.9. The number of carboxylic acids is 1. The molecular formula is C16H24O7S. The van der Waals surface area contributed by atoms with Crippen LogP contribution in [0.4, 0.5) is 0 Å². The van der Waals surface area contributed by atoms with Crippen molar-refractivity contribution in [2.75, 3.05) is 26.4 Å². The number of hydrogen-bond donors (Lipinski definition) is 1. The highest BCUT2D eigenvalue weighted by Gasteiger charge is 2.15. The van der Waals surface area contributed by atoms with Gasteiger partial charge in [-0.05, 0) is 18.9 Å². The maximum Gasteiger partial charge on any atom is 0.332 e. The molecule has 24 heavy (non-hydrogen) atoms. The van der Waals surface area contributed by atoms with E-state index in [1.54, 1.807) is 19.1 Å². The van der Waals surface area contributed by atoms with Gasteiger partial charge >= 0.3 is 5.97 Å². The first-order chi connectivity index (χ1) is 11.3. The van der Waals surface area contributed by atoms with E-state index in [9.17, 15) is 13.2 Å². The van der Waals surface area contributed by atoms with Crippen molar-refractivity contribution in [2.45, 2.75) is 32.1 Å². The molecule has 0 saturated heterocycles. The monoisotopic (exact) mass is 360 g/mol. The van der Waals surface area contributed by atoms with Gasteiger partial charge in [0.1, 0.15) is 5.75 Å². The van der Waals surface area contributed by atoms with Crippen LogP contribution in [-0.2, 0) is 34.3 Å². The van der Waals surface area contributed by atoms with Crippen molar-refractivity contribution >= 4 is 16.1 Å². The van der Waals surface area contributed by atoms with Gasteiger partial charge in [0, 0.05) is 0 Å². The maximum atomic E-state index is 11.8. The second-order valence-corrected chi connectivity index (χ2v) is 6.87. The Bertz CT molecular complexity index is 595. The molecule has 1 aromatic rings. The van der Waals surface area contributed by atoms with Gasteiger partial charge in [0.15, 0.2) is 6.10 Å². The summed E-state index contributed by atoms with van der Waals surface area (Å²) < 4.78 is 38.7. The van der Waals surface area contributed by atoms with Gasteiger partial charge in [-0.3, -0.25) is 4.18 Å². The third-order valence-electron chi connectivity index (χ3n) is 3.15. The number of ether oxygens (including phenoxy) is 2. The fraction of sp³-hybridized carbons (Fsp3) is 0.562. The Kier molecular flexibility index (Phi) is 8.91. The lowest BCUT2D eigenvalue weighted by atomic mass is 10.2. The lowest BCUT2D eigenvalue weighted by Gasteiger charge is -2.11. The van der Waals surface area contributed by atoms with Crippen LogP contribution in [-0.4, -0.2) is 52.0 Å². The smallest absolute Gasteiger partial charge is 0.332 e. The summed E-state index contributed by atoms with van der Waals surface area (Å²) in [5.41, 5.74) is 1.72. The Morgan fingerprint density at radius 2 is 1.75 bits per heavy atom. The van der Waals surface area contributed by atoms with E-state index in [0.29, 0.717) is 12.0 Å². The van der Waals surface area contributed by atoms with Crippen LogP contribution in [0.5, 0.6) is 0 Å². The van der Waals surface area contributed by atoms with Crippen molar-refractivity contribution in [3.05, 3.63) is 35.4 Å². The van der Waals surface area contributed by atoms with Gasteiger partial charge in [0.25, 0.3) is 10.1 Å². The molecule has 0 amide bonds. The third kappa shape index (κ3) is 8.39. The maximum absolute atomic E-state index is 11.8. The van der Waals surface area contributed by atoms with E-state index in [1.807, 2.05) is 19.1 Å². The highest BCUT2D eigenvalue weighted by atomic mass is 32.2. The molecule has 0 spiro atoms. The Hall–Kier alpha value is -1.48. The van der Waals surface area contributed by atoms with Gasteiger partial charge in [-0.1, -0.05) is 36.8 Å². The molecule has 1 N–H and O–H groups in total. The van der Waals surface area contributed by atoms with E-state index in [-0.39, 0.29) is 32.2 Å². The van der Waals surface area contributed by atoms with Crippen molar-refractivity contribution in [2.24, 2.45) is 0 Å². The SMILES string of the molecule is CCC(OCCOCCOS(=O)(=O)Cc1ccc(C)cc1)C(=O)O. The Balaban J connectivity index is 2.17. The minimum absolute atomic E-state index is 0.0837. The first-order valence-corrected chi connectivity index (χ1v) is 9.26. The van der Waals surface area contributed by atoms with Crippen molar-refractivity contribution < 1.29 is 32.0 Å². The predicted octanol–water partition coefficient (Wildman–Crippen LogP) is 1.74. The van der Waals surface area contributed by atoms with Crippen molar-refractivity contribution in [1.82, 2.24) is 0 Å². The second-order valence-electron chi connectivity index (χ2n) is 5.23. The van der Waals surface area contributed by atoms with Crippen LogP contribution in [0.25, 0.3) is 0 Å². The zero-order valence-corrected chi connectivity index (χ0v) is 14.8. The van der Waals surface area contributed by atoms with E-state index >= 15 is 0 Å². The van der Waals surface area contributed by atoms with Gasteiger partial charge in [-0.2, -0.15) is 8.42 Å². The molecule has 0 heterocycles. The number of hydrogen-bond acceptors (Lipinski definition) is 6. The molecule has 1 rings (SSSR count). The zero-order valence-electron chi connectivity index (χ0n) is 13.9. The van der Waals surface area contributed by atoms with E-state index in [1.165, 1.54) is 0 Å².